The number of β-amino-alcohol motifs (C(OH)–C–C–N with tert-alkyl or cyclic N) is 1. The first-order chi connectivity index (χ1) is 12.8. The highest BCUT2D eigenvalue weighted by Gasteiger charge is 2.64. The molecule has 0 aromatic heterocycles. The van der Waals surface area contributed by atoms with Crippen molar-refractivity contribution in [3.63, 3.8) is 0 Å². The van der Waals surface area contributed by atoms with Crippen LogP contribution in [0.5, 0.6) is 0 Å². The van der Waals surface area contributed by atoms with Gasteiger partial charge in [0.25, 0.3) is 5.91 Å². The maximum absolute atomic E-state index is 13.5. The monoisotopic (exact) mass is 385 g/mol. The Morgan fingerprint density at radius 1 is 1.19 bits per heavy atom. The second-order valence-corrected chi connectivity index (χ2v) is 8.73. The standard InChI is InChI=1S/C19H29F2N3O3/c1-2-3-8-23-16(26)15-9-14(25)10-24(15)18(17(23)27)11-22(12-18)13-4-6-19(20,21)7-5-13/h13-15,25H,2-12H2,1H3/t14-,15+/m1/s1. The number of carbonyl (C=O) groups is 2. The first-order valence-corrected chi connectivity index (χ1v) is 10.2. The van der Waals surface area contributed by atoms with E-state index in [1.54, 1.807) is 0 Å². The van der Waals surface area contributed by atoms with Gasteiger partial charge in [-0.05, 0) is 25.7 Å². The molecule has 4 aliphatic rings. The van der Waals surface area contributed by atoms with Crippen molar-refractivity contribution in [3.8, 4) is 0 Å². The van der Waals surface area contributed by atoms with E-state index in [-0.39, 0.29) is 30.7 Å². The van der Waals surface area contributed by atoms with Crippen LogP contribution in [0.3, 0.4) is 0 Å². The van der Waals surface area contributed by atoms with E-state index >= 15 is 0 Å². The Hall–Kier alpha value is -1.12. The van der Waals surface area contributed by atoms with Crippen molar-refractivity contribution in [1.82, 2.24) is 14.7 Å². The summed E-state index contributed by atoms with van der Waals surface area (Å²) in [5.41, 5.74) is -0.774. The summed E-state index contributed by atoms with van der Waals surface area (Å²) >= 11 is 0. The quantitative estimate of drug-likeness (QED) is 0.738. The van der Waals surface area contributed by atoms with Gasteiger partial charge < -0.3 is 5.11 Å². The van der Waals surface area contributed by atoms with Gasteiger partial charge in [-0.2, -0.15) is 0 Å². The Balaban J connectivity index is 1.51. The Kier molecular flexibility index (Phi) is 4.79. The maximum Gasteiger partial charge on any atom is 0.252 e. The highest BCUT2D eigenvalue weighted by molar-refractivity contribution is 6.06. The van der Waals surface area contributed by atoms with Gasteiger partial charge in [0.05, 0.1) is 12.1 Å². The van der Waals surface area contributed by atoms with Crippen LogP contribution in [0.2, 0.25) is 0 Å². The van der Waals surface area contributed by atoms with E-state index < -0.39 is 23.6 Å². The number of halogens is 2. The van der Waals surface area contributed by atoms with Gasteiger partial charge in [-0.3, -0.25) is 24.3 Å². The third-order valence-corrected chi connectivity index (χ3v) is 6.89. The molecule has 0 aromatic carbocycles. The van der Waals surface area contributed by atoms with Crippen molar-refractivity contribution in [1.29, 1.82) is 0 Å². The smallest absolute Gasteiger partial charge is 0.252 e. The van der Waals surface area contributed by atoms with Crippen LogP contribution in [-0.2, 0) is 9.59 Å². The molecule has 0 bridgehead atoms. The summed E-state index contributed by atoms with van der Waals surface area (Å²) in [6.07, 6.45) is 2.13. The van der Waals surface area contributed by atoms with Crippen molar-refractivity contribution in [2.75, 3.05) is 26.2 Å². The number of carbonyl (C=O) groups excluding carboxylic acids is 2. The molecule has 1 N–H and O–H groups in total. The fraction of sp³-hybridized carbons (Fsp3) is 0.895. The van der Waals surface area contributed by atoms with Gasteiger partial charge >= 0.3 is 0 Å². The van der Waals surface area contributed by atoms with E-state index in [0.717, 1.165) is 12.8 Å². The highest BCUT2D eigenvalue weighted by atomic mass is 19.3. The molecular weight excluding hydrogens is 356 g/mol. The Morgan fingerprint density at radius 3 is 2.48 bits per heavy atom. The molecule has 0 radical (unpaired) electrons. The molecule has 0 aromatic rings. The molecule has 27 heavy (non-hydrogen) atoms. The van der Waals surface area contributed by atoms with E-state index in [4.69, 9.17) is 0 Å². The van der Waals surface area contributed by atoms with Crippen LogP contribution in [0, 0.1) is 0 Å². The molecule has 1 saturated carbocycles. The first kappa shape index (κ1) is 19.2. The third kappa shape index (κ3) is 3.09. The fourth-order valence-corrected chi connectivity index (χ4v) is 5.29. The minimum absolute atomic E-state index is 0.0794. The number of unbranched alkanes of at least 4 members (excludes halogenated alkanes) is 1. The number of aliphatic hydroxyl groups excluding tert-OH is 1. The van der Waals surface area contributed by atoms with Crippen LogP contribution < -0.4 is 0 Å². The summed E-state index contributed by atoms with van der Waals surface area (Å²) in [6.45, 7) is 3.72. The van der Waals surface area contributed by atoms with E-state index in [1.165, 1.54) is 4.90 Å². The summed E-state index contributed by atoms with van der Waals surface area (Å²) in [7, 11) is 0. The lowest BCUT2D eigenvalue weighted by Crippen LogP contribution is -2.82. The van der Waals surface area contributed by atoms with Gasteiger partial charge in [-0.1, -0.05) is 13.3 Å². The fourth-order valence-electron chi connectivity index (χ4n) is 5.29. The molecule has 6 nitrogen and oxygen atoms in total. The van der Waals surface area contributed by atoms with Crippen LogP contribution in [0.1, 0.15) is 51.9 Å². The summed E-state index contributed by atoms with van der Waals surface area (Å²) in [5, 5.41) is 10.1. The lowest BCUT2D eigenvalue weighted by molar-refractivity contribution is -0.184. The molecule has 0 unspecified atom stereocenters. The second-order valence-electron chi connectivity index (χ2n) is 8.73. The summed E-state index contributed by atoms with van der Waals surface area (Å²) in [5.74, 6) is -2.91. The zero-order chi connectivity index (χ0) is 19.4. The van der Waals surface area contributed by atoms with Crippen LogP contribution in [0.15, 0.2) is 0 Å². The molecule has 2 atom stereocenters. The lowest BCUT2D eigenvalue weighted by atomic mass is 9.79. The largest absolute Gasteiger partial charge is 0.392 e. The van der Waals surface area contributed by atoms with Gasteiger partial charge in [0.1, 0.15) is 5.54 Å². The zero-order valence-electron chi connectivity index (χ0n) is 15.9. The molecule has 3 saturated heterocycles. The van der Waals surface area contributed by atoms with E-state index in [2.05, 4.69) is 4.90 Å². The molecule has 4 rings (SSSR count). The number of nitrogens with zero attached hydrogens (tertiary/aromatic N) is 3. The van der Waals surface area contributed by atoms with Crippen LogP contribution in [0.4, 0.5) is 8.78 Å². The average Bonchev–Trinajstić information content (AvgIpc) is 2.97. The topological polar surface area (TPSA) is 64.1 Å². The maximum atomic E-state index is 13.5. The number of alkyl halides is 2. The first-order valence-electron chi connectivity index (χ1n) is 10.2. The Bertz CT molecular complexity index is 613. The van der Waals surface area contributed by atoms with Crippen molar-refractivity contribution >= 4 is 11.8 Å². The van der Waals surface area contributed by atoms with Gasteiger partial charge in [0.15, 0.2) is 0 Å². The molecule has 1 spiro atoms. The number of rotatable bonds is 4. The number of aliphatic hydroxyl groups is 1. The predicted octanol–water partition coefficient (Wildman–Crippen LogP) is 1.22. The molecule has 2 amide bonds. The summed E-state index contributed by atoms with van der Waals surface area (Å²) < 4.78 is 26.9. The minimum Gasteiger partial charge on any atom is -0.392 e. The molecule has 8 heteroatoms. The lowest BCUT2D eigenvalue weighted by Gasteiger charge is -2.60. The molecule has 3 heterocycles. The van der Waals surface area contributed by atoms with Gasteiger partial charge in [0.2, 0.25) is 11.8 Å². The number of likely N-dealkylation sites (tertiary alicyclic amines) is 1. The van der Waals surface area contributed by atoms with Gasteiger partial charge in [0, 0.05) is 45.1 Å². The predicted molar refractivity (Wildman–Crippen MR) is 94.3 cm³/mol. The molecular formula is C19H29F2N3O3. The Labute approximate surface area is 158 Å². The van der Waals surface area contributed by atoms with E-state index in [0.29, 0.717) is 45.4 Å². The van der Waals surface area contributed by atoms with Crippen molar-refractivity contribution < 1.29 is 23.5 Å². The molecule has 152 valence electrons. The van der Waals surface area contributed by atoms with Crippen LogP contribution in [-0.4, -0.2) is 87.4 Å². The number of imide groups is 1. The van der Waals surface area contributed by atoms with Crippen LogP contribution in [0.25, 0.3) is 0 Å². The number of hydrogen-bond acceptors (Lipinski definition) is 5. The molecule has 3 aliphatic heterocycles. The summed E-state index contributed by atoms with van der Waals surface area (Å²) in [6, 6.07) is -0.358. The SMILES string of the molecule is CCCCN1C(=O)[C@@H]2C[C@@H](O)CN2C2(CN(C3CCC(F)(F)CC3)C2)C1=O. The molecule has 4 fully saturated rings. The third-order valence-electron chi connectivity index (χ3n) is 6.89. The number of hydrogen-bond donors (Lipinski definition) is 1. The van der Waals surface area contributed by atoms with E-state index in [9.17, 15) is 23.5 Å². The Morgan fingerprint density at radius 2 is 1.85 bits per heavy atom. The molecule has 1 aliphatic carbocycles. The highest BCUT2D eigenvalue weighted by Crippen LogP contribution is 2.44. The van der Waals surface area contributed by atoms with Crippen molar-refractivity contribution in [3.05, 3.63) is 0 Å². The van der Waals surface area contributed by atoms with E-state index in [1.807, 2.05) is 11.8 Å². The second kappa shape index (κ2) is 6.74. The average molecular weight is 385 g/mol. The number of amides is 2. The van der Waals surface area contributed by atoms with Gasteiger partial charge in [-0.15, -0.1) is 0 Å². The van der Waals surface area contributed by atoms with Crippen molar-refractivity contribution in [2.45, 2.75) is 81.5 Å². The normalized spacial score (nSPS) is 34.1. The van der Waals surface area contributed by atoms with Crippen LogP contribution >= 0.6 is 0 Å². The van der Waals surface area contributed by atoms with Crippen molar-refractivity contribution in [2.24, 2.45) is 0 Å². The number of fused-ring (bicyclic) bond motifs is 2. The zero-order valence-corrected chi connectivity index (χ0v) is 15.9. The summed E-state index contributed by atoms with van der Waals surface area (Å²) in [4.78, 5) is 31.5. The minimum atomic E-state index is -2.56. The number of piperazine rings is 1. The van der Waals surface area contributed by atoms with Gasteiger partial charge in [-0.25, -0.2) is 8.78 Å².